The number of benzene rings is 2. The minimum absolute atomic E-state index is 0.108. The summed E-state index contributed by atoms with van der Waals surface area (Å²) in [4.78, 5) is 27.3. The Kier molecular flexibility index (Phi) is 4.01. The molecule has 0 fully saturated rings. The van der Waals surface area contributed by atoms with Gasteiger partial charge in [-0.1, -0.05) is 31.2 Å². The van der Waals surface area contributed by atoms with Crippen LogP contribution in [0.25, 0.3) is 0 Å². The van der Waals surface area contributed by atoms with Gasteiger partial charge in [0.1, 0.15) is 5.75 Å². The zero-order valence-electron chi connectivity index (χ0n) is 13.7. The van der Waals surface area contributed by atoms with Crippen LogP contribution in [-0.2, 0) is 0 Å². The second-order valence-corrected chi connectivity index (χ2v) is 5.80. The summed E-state index contributed by atoms with van der Waals surface area (Å²) in [5.74, 6) is -1.41. The summed E-state index contributed by atoms with van der Waals surface area (Å²) in [5, 5.41) is 21.1. The summed E-state index contributed by atoms with van der Waals surface area (Å²) in [6.07, 6.45) is 0.848. The van der Waals surface area contributed by atoms with E-state index in [-0.39, 0.29) is 33.8 Å². The number of aromatic hydroxyl groups is 2. The van der Waals surface area contributed by atoms with Gasteiger partial charge in [-0.05, 0) is 13.3 Å². The number of hydrogen-bond acceptors (Lipinski definition) is 5. The maximum atomic E-state index is 12.8. The molecule has 0 saturated heterocycles. The minimum Gasteiger partial charge on any atom is -0.507 e. The number of rotatable bonds is 4. The van der Waals surface area contributed by atoms with Crippen LogP contribution in [-0.4, -0.2) is 34.9 Å². The van der Waals surface area contributed by atoms with Gasteiger partial charge in [-0.15, -0.1) is 0 Å². The Morgan fingerprint density at radius 2 is 1.54 bits per heavy atom. The van der Waals surface area contributed by atoms with Crippen molar-refractivity contribution in [1.29, 1.82) is 0 Å². The summed E-state index contributed by atoms with van der Waals surface area (Å²) in [6.45, 7) is 5.20. The van der Waals surface area contributed by atoms with E-state index < -0.39 is 11.6 Å². The van der Waals surface area contributed by atoms with Crippen LogP contribution >= 0.6 is 0 Å². The molecule has 0 atom stereocenters. The summed E-state index contributed by atoms with van der Waals surface area (Å²) < 4.78 is 0. The van der Waals surface area contributed by atoms with Crippen LogP contribution in [0.3, 0.4) is 0 Å². The molecule has 0 aliphatic heterocycles. The Hall–Kier alpha value is -2.82. The van der Waals surface area contributed by atoms with Gasteiger partial charge in [0.15, 0.2) is 17.3 Å². The zero-order chi connectivity index (χ0) is 17.4. The van der Waals surface area contributed by atoms with Crippen molar-refractivity contribution in [3.05, 3.63) is 52.6 Å². The molecule has 0 saturated carbocycles. The lowest BCUT2D eigenvalue weighted by molar-refractivity contribution is 0.0974. The number of phenolic OH excluding ortho intramolecular Hbond substituents is 2. The van der Waals surface area contributed by atoms with E-state index in [1.54, 1.807) is 24.3 Å². The minimum atomic E-state index is -0.446. The topological polar surface area (TPSA) is 77.8 Å². The van der Waals surface area contributed by atoms with Gasteiger partial charge in [-0.2, -0.15) is 0 Å². The van der Waals surface area contributed by atoms with Crippen LogP contribution < -0.4 is 4.90 Å². The third-order valence-corrected chi connectivity index (χ3v) is 4.35. The number of nitrogens with zero attached hydrogens (tertiary/aromatic N) is 1. The Bertz CT molecular complexity index is 842. The SMILES string of the molecule is CCCN(CC)c1cc(O)c2c(c1O)C(=O)c1ccccc1C2=O. The first-order valence-electron chi connectivity index (χ1n) is 8.03. The molecule has 2 N–H and O–H groups in total. The first-order chi connectivity index (χ1) is 11.5. The number of carbonyl (C=O) groups is 2. The molecule has 1 aliphatic carbocycles. The molecule has 0 spiro atoms. The molecule has 0 amide bonds. The van der Waals surface area contributed by atoms with Crippen LogP contribution in [0.1, 0.15) is 52.1 Å². The highest BCUT2D eigenvalue weighted by Crippen LogP contribution is 2.43. The molecule has 3 rings (SSSR count). The Balaban J connectivity index is 2.26. The maximum Gasteiger partial charge on any atom is 0.198 e. The predicted molar refractivity (Wildman–Crippen MR) is 91.3 cm³/mol. The first-order valence-corrected chi connectivity index (χ1v) is 8.03. The molecular weight excluding hydrogens is 306 g/mol. The average molecular weight is 325 g/mol. The third kappa shape index (κ3) is 2.24. The molecule has 2 aromatic carbocycles. The van der Waals surface area contributed by atoms with Gasteiger partial charge >= 0.3 is 0 Å². The van der Waals surface area contributed by atoms with Gasteiger partial charge in [0, 0.05) is 30.3 Å². The van der Waals surface area contributed by atoms with Gasteiger partial charge in [-0.3, -0.25) is 9.59 Å². The molecule has 124 valence electrons. The quantitative estimate of drug-likeness (QED) is 0.721. The standard InChI is InChI=1S/C19H19NO4/c1-3-9-20(4-2)13-10-14(21)15-16(19(13)24)18(23)12-8-6-5-7-11(12)17(15)22/h5-8,10,21,24H,3-4,9H2,1-2H3. The second kappa shape index (κ2) is 6.00. The molecule has 5 nitrogen and oxygen atoms in total. The van der Waals surface area contributed by atoms with Crippen LogP contribution in [0, 0.1) is 0 Å². The first kappa shape index (κ1) is 16.1. The van der Waals surface area contributed by atoms with Crippen molar-refractivity contribution in [1.82, 2.24) is 0 Å². The van der Waals surface area contributed by atoms with E-state index in [2.05, 4.69) is 0 Å². The number of ketones is 2. The maximum absolute atomic E-state index is 12.8. The van der Waals surface area contributed by atoms with Gasteiger partial charge in [0.2, 0.25) is 0 Å². The van der Waals surface area contributed by atoms with Crippen molar-refractivity contribution in [2.24, 2.45) is 0 Å². The van der Waals surface area contributed by atoms with Crippen molar-refractivity contribution in [2.75, 3.05) is 18.0 Å². The number of fused-ring (bicyclic) bond motifs is 2. The number of hydrogen-bond donors (Lipinski definition) is 2. The largest absolute Gasteiger partial charge is 0.507 e. The van der Waals surface area contributed by atoms with E-state index in [4.69, 9.17) is 0 Å². The van der Waals surface area contributed by atoms with E-state index in [9.17, 15) is 19.8 Å². The average Bonchev–Trinajstić information content (AvgIpc) is 2.59. The highest BCUT2D eigenvalue weighted by Gasteiger charge is 2.36. The molecule has 2 aromatic rings. The van der Waals surface area contributed by atoms with E-state index in [0.717, 1.165) is 6.42 Å². The van der Waals surface area contributed by atoms with Gasteiger partial charge < -0.3 is 15.1 Å². The smallest absolute Gasteiger partial charge is 0.198 e. The van der Waals surface area contributed by atoms with E-state index in [1.165, 1.54) is 6.07 Å². The Labute approximate surface area is 140 Å². The fourth-order valence-electron chi connectivity index (χ4n) is 3.20. The zero-order valence-corrected chi connectivity index (χ0v) is 13.7. The summed E-state index contributed by atoms with van der Waals surface area (Å²) >= 11 is 0. The van der Waals surface area contributed by atoms with E-state index in [1.807, 2.05) is 18.7 Å². The van der Waals surface area contributed by atoms with Crippen LogP contribution in [0.2, 0.25) is 0 Å². The molecule has 0 heterocycles. The van der Waals surface area contributed by atoms with Gasteiger partial charge in [0.25, 0.3) is 0 Å². The lowest BCUT2D eigenvalue weighted by atomic mass is 9.82. The molecule has 0 radical (unpaired) electrons. The highest BCUT2D eigenvalue weighted by molar-refractivity contribution is 6.30. The highest BCUT2D eigenvalue weighted by atomic mass is 16.3. The second-order valence-electron chi connectivity index (χ2n) is 5.80. The van der Waals surface area contributed by atoms with Crippen molar-refractivity contribution in [3.8, 4) is 11.5 Å². The Morgan fingerprint density at radius 1 is 0.958 bits per heavy atom. The van der Waals surface area contributed by atoms with Crippen molar-refractivity contribution in [3.63, 3.8) is 0 Å². The Morgan fingerprint density at radius 3 is 2.08 bits per heavy atom. The van der Waals surface area contributed by atoms with Crippen LogP contribution in [0.15, 0.2) is 30.3 Å². The molecule has 24 heavy (non-hydrogen) atoms. The molecule has 5 heteroatoms. The van der Waals surface area contributed by atoms with Gasteiger partial charge in [-0.25, -0.2) is 0 Å². The monoisotopic (exact) mass is 325 g/mol. The number of anilines is 1. The number of phenols is 2. The normalized spacial score (nSPS) is 12.8. The van der Waals surface area contributed by atoms with Crippen molar-refractivity contribution < 1.29 is 19.8 Å². The summed E-state index contributed by atoms with van der Waals surface area (Å²) in [6, 6.07) is 7.82. The fraction of sp³-hybridized carbons (Fsp3) is 0.263. The molecule has 0 aromatic heterocycles. The molecular formula is C19H19NO4. The van der Waals surface area contributed by atoms with Crippen LogP contribution in [0.5, 0.6) is 11.5 Å². The lowest BCUT2D eigenvalue weighted by Gasteiger charge is -2.27. The third-order valence-electron chi connectivity index (χ3n) is 4.35. The lowest BCUT2D eigenvalue weighted by Crippen LogP contribution is -2.26. The van der Waals surface area contributed by atoms with E-state index in [0.29, 0.717) is 18.8 Å². The molecule has 0 bridgehead atoms. The number of carbonyl (C=O) groups excluding carboxylic acids is 2. The van der Waals surface area contributed by atoms with Crippen molar-refractivity contribution >= 4 is 17.3 Å². The van der Waals surface area contributed by atoms with E-state index >= 15 is 0 Å². The molecule has 1 aliphatic rings. The van der Waals surface area contributed by atoms with Crippen LogP contribution in [0.4, 0.5) is 5.69 Å². The predicted octanol–water partition coefficient (Wildman–Crippen LogP) is 3.11. The fourth-order valence-corrected chi connectivity index (χ4v) is 3.20. The summed E-state index contributed by atoms with van der Waals surface area (Å²) in [7, 11) is 0. The van der Waals surface area contributed by atoms with Crippen molar-refractivity contribution in [2.45, 2.75) is 20.3 Å². The summed E-state index contributed by atoms with van der Waals surface area (Å²) in [5.41, 5.74) is 0.644. The van der Waals surface area contributed by atoms with Gasteiger partial charge in [0.05, 0.1) is 16.8 Å². The molecule has 0 unspecified atom stereocenters.